The summed E-state index contributed by atoms with van der Waals surface area (Å²) >= 11 is 0. The fourth-order valence-electron chi connectivity index (χ4n) is 0.649. The zero-order chi connectivity index (χ0) is 12.8. The van der Waals surface area contributed by atoms with Gasteiger partial charge in [-0.1, -0.05) is 34.6 Å². The van der Waals surface area contributed by atoms with E-state index in [0.717, 1.165) is 0 Å². The molecule has 0 aromatic heterocycles. The van der Waals surface area contributed by atoms with E-state index in [-0.39, 0.29) is 18.3 Å². The molecule has 1 amide bonds. The Kier molecular flexibility index (Phi) is 6.03. The number of hydrogen-bond donors (Lipinski definition) is 1. The van der Waals surface area contributed by atoms with Crippen LogP contribution in [0, 0.1) is 11.3 Å². The zero-order valence-electron chi connectivity index (χ0n) is 10.6. The Bertz CT molecular complexity index is 243. The maximum Gasteiger partial charge on any atom is 0.431 e. The maximum atomic E-state index is 11.4. The largest absolute Gasteiger partial charge is 0.448 e. The second-order valence-corrected chi connectivity index (χ2v) is 5.06. The molecule has 0 saturated heterocycles. The average molecular weight is 231 g/mol. The minimum absolute atomic E-state index is 0.0864. The molecule has 0 atom stereocenters. The van der Waals surface area contributed by atoms with Gasteiger partial charge in [-0.3, -0.25) is 9.63 Å². The smallest absolute Gasteiger partial charge is 0.431 e. The highest BCUT2D eigenvalue weighted by Crippen LogP contribution is 2.13. The average Bonchev–Trinajstić information content (AvgIpc) is 2.13. The first-order chi connectivity index (χ1) is 7.23. The number of Topliss-reactive ketones (excluding diaryl/α,β-unsaturated/α-hetero) is 1. The van der Waals surface area contributed by atoms with E-state index in [1.54, 1.807) is 20.8 Å². The SMILES string of the molecule is CC(C)COC(=O)NOCC(=O)C(C)(C)C. The van der Waals surface area contributed by atoms with Gasteiger partial charge in [0.2, 0.25) is 0 Å². The topological polar surface area (TPSA) is 64.6 Å². The summed E-state index contributed by atoms with van der Waals surface area (Å²) in [5.74, 6) is 0.179. The van der Waals surface area contributed by atoms with Crippen molar-refractivity contribution in [2.24, 2.45) is 11.3 Å². The molecule has 0 aromatic rings. The summed E-state index contributed by atoms with van der Waals surface area (Å²) in [6.45, 7) is 9.39. The molecule has 16 heavy (non-hydrogen) atoms. The normalized spacial score (nSPS) is 11.4. The first-order valence-corrected chi connectivity index (χ1v) is 5.31. The lowest BCUT2D eigenvalue weighted by Gasteiger charge is -2.16. The van der Waals surface area contributed by atoms with Crippen molar-refractivity contribution in [1.29, 1.82) is 0 Å². The number of ketones is 1. The lowest BCUT2D eigenvalue weighted by atomic mass is 9.91. The molecule has 0 radical (unpaired) electrons. The van der Waals surface area contributed by atoms with Crippen molar-refractivity contribution < 1.29 is 19.2 Å². The van der Waals surface area contributed by atoms with Gasteiger partial charge in [-0.05, 0) is 5.92 Å². The molecule has 0 bridgehead atoms. The summed E-state index contributed by atoms with van der Waals surface area (Å²) in [6, 6.07) is 0. The van der Waals surface area contributed by atoms with Gasteiger partial charge in [-0.2, -0.15) is 5.48 Å². The van der Waals surface area contributed by atoms with Crippen molar-refractivity contribution in [2.75, 3.05) is 13.2 Å². The minimum atomic E-state index is -0.671. The van der Waals surface area contributed by atoms with E-state index in [0.29, 0.717) is 6.61 Å². The summed E-state index contributed by atoms with van der Waals surface area (Å²) in [5.41, 5.74) is 1.59. The Morgan fingerprint density at radius 3 is 2.25 bits per heavy atom. The van der Waals surface area contributed by atoms with Crippen LogP contribution in [-0.4, -0.2) is 25.1 Å². The highest BCUT2D eigenvalue weighted by atomic mass is 16.7. The molecule has 0 aliphatic heterocycles. The van der Waals surface area contributed by atoms with Crippen LogP contribution in [0.3, 0.4) is 0 Å². The first kappa shape index (κ1) is 14.9. The molecule has 0 rings (SSSR count). The number of nitrogens with one attached hydrogen (secondary N) is 1. The molecule has 94 valence electrons. The van der Waals surface area contributed by atoms with E-state index < -0.39 is 11.5 Å². The molecule has 0 unspecified atom stereocenters. The summed E-state index contributed by atoms with van der Waals surface area (Å²) in [6.07, 6.45) is -0.671. The van der Waals surface area contributed by atoms with Gasteiger partial charge in [0, 0.05) is 5.41 Å². The zero-order valence-corrected chi connectivity index (χ0v) is 10.6. The van der Waals surface area contributed by atoms with Gasteiger partial charge < -0.3 is 4.74 Å². The molecule has 0 aliphatic rings. The number of hydroxylamine groups is 1. The number of rotatable bonds is 5. The van der Waals surface area contributed by atoms with Gasteiger partial charge in [-0.25, -0.2) is 4.79 Å². The Balaban J connectivity index is 3.67. The first-order valence-electron chi connectivity index (χ1n) is 5.31. The molecular weight excluding hydrogens is 210 g/mol. The van der Waals surface area contributed by atoms with Gasteiger partial charge in [0.25, 0.3) is 0 Å². The quantitative estimate of drug-likeness (QED) is 0.734. The Morgan fingerprint density at radius 2 is 1.81 bits per heavy atom. The van der Waals surface area contributed by atoms with Crippen LogP contribution in [0.25, 0.3) is 0 Å². The second kappa shape index (κ2) is 6.48. The van der Waals surface area contributed by atoms with E-state index in [4.69, 9.17) is 9.57 Å². The van der Waals surface area contributed by atoms with E-state index in [9.17, 15) is 9.59 Å². The van der Waals surface area contributed by atoms with E-state index >= 15 is 0 Å². The van der Waals surface area contributed by atoms with Crippen LogP contribution < -0.4 is 5.48 Å². The van der Waals surface area contributed by atoms with Crippen molar-refractivity contribution >= 4 is 11.9 Å². The second-order valence-electron chi connectivity index (χ2n) is 5.06. The maximum absolute atomic E-state index is 11.4. The van der Waals surface area contributed by atoms with Crippen LogP contribution >= 0.6 is 0 Å². The van der Waals surface area contributed by atoms with Crippen molar-refractivity contribution in [3.63, 3.8) is 0 Å². The van der Waals surface area contributed by atoms with Gasteiger partial charge in [0.1, 0.15) is 6.61 Å². The number of carbonyl (C=O) groups excluding carboxylic acids is 2. The van der Waals surface area contributed by atoms with Crippen LogP contribution in [0.2, 0.25) is 0 Å². The molecule has 1 N–H and O–H groups in total. The Hall–Kier alpha value is -1.10. The fraction of sp³-hybridized carbons (Fsp3) is 0.818. The van der Waals surface area contributed by atoms with E-state index in [1.165, 1.54) is 0 Å². The van der Waals surface area contributed by atoms with Gasteiger partial charge in [0.05, 0.1) is 6.61 Å². The highest BCUT2D eigenvalue weighted by molar-refractivity contribution is 5.84. The molecule has 0 aromatic carbocycles. The lowest BCUT2D eigenvalue weighted by Crippen LogP contribution is -2.32. The van der Waals surface area contributed by atoms with Crippen molar-refractivity contribution in [3.05, 3.63) is 0 Å². The van der Waals surface area contributed by atoms with E-state index in [2.05, 4.69) is 5.48 Å². The number of amides is 1. The van der Waals surface area contributed by atoms with Crippen LogP contribution in [0.1, 0.15) is 34.6 Å². The summed E-state index contributed by atoms with van der Waals surface area (Å²) < 4.78 is 4.78. The monoisotopic (exact) mass is 231 g/mol. The minimum Gasteiger partial charge on any atom is -0.448 e. The van der Waals surface area contributed by atoms with Crippen molar-refractivity contribution in [3.8, 4) is 0 Å². The van der Waals surface area contributed by atoms with Gasteiger partial charge >= 0.3 is 6.09 Å². The predicted molar refractivity (Wildman–Crippen MR) is 59.7 cm³/mol. The number of carbonyl (C=O) groups is 2. The van der Waals surface area contributed by atoms with Crippen molar-refractivity contribution in [1.82, 2.24) is 5.48 Å². The molecule has 5 heteroatoms. The third-order valence-corrected chi connectivity index (χ3v) is 1.74. The van der Waals surface area contributed by atoms with Crippen LogP contribution in [0.15, 0.2) is 0 Å². The van der Waals surface area contributed by atoms with Crippen LogP contribution in [0.4, 0.5) is 4.79 Å². The van der Waals surface area contributed by atoms with Crippen LogP contribution in [0.5, 0.6) is 0 Å². The third-order valence-electron chi connectivity index (χ3n) is 1.74. The summed E-state index contributed by atoms with van der Waals surface area (Å²) in [7, 11) is 0. The Morgan fingerprint density at radius 1 is 1.25 bits per heavy atom. The molecule has 0 aliphatic carbocycles. The molecule has 5 nitrogen and oxygen atoms in total. The summed E-state index contributed by atoms with van der Waals surface area (Å²) in [4.78, 5) is 27.1. The number of hydrogen-bond acceptors (Lipinski definition) is 4. The highest BCUT2D eigenvalue weighted by Gasteiger charge is 2.21. The molecule has 0 spiro atoms. The lowest BCUT2D eigenvalue weighted by molar-refractivity contribution is -0.133. The molecule has 0 fully saturated rings. The standard InChI is InChI=1S/C11H21NO4/c1-8(2)6-15-10(14)12-16-7-9(13)11(3,4)5/h8H,6-7H2,1-5H3,(H,12,14). The molecular formula is C11H21NO4. The fourth-order valence-corrected chi connectivity index (χ4v) is 0.649. The van der Waals surface area contributed by atoms with Gasteiger partial charge in [-0.15, -0.1) is 0 Å². The van der Waals surface area contributed by atoms with Crippen molar-refractivity contribution in [2.45, 2.75) is 34.6 Å². The Labute approximate surface area is 96.4 Å². The van der Waals surface area contributed by atoms with E-state index in [1.807, 2.05) is 13.8 Å². The summed E-state index contributed by atoms with van der Waals surface area (Å²) in [5, 5.41) is 0. The third kappa shape index (κ3) is 7.23. The van der Waals surface area contributed by atoms with Gasteiger partial charge in [0.15, 0.2) is 5.78 Å². The predicted octanol–water partition coefficient (Wildman–Crippen LogP) is 1.92. The van der Waals surface area contributed by atoms with Crippen LogP contribution in [-0.2, 0) is 14.4 Å². The molecule has 0 saturated carbocycles. The number of ether oxygens (including phenoxy) is 1. The molecule has 0 heterocycles.